The molecule has 2 N–H and O–H groups in total. The van der Waals surface area contributed by atoms with Gasteiger partial charge in [0, 0.05) is 19.6 Å². The van der Waals surface area contributed by atoms with Gasteiger partial charge in [-0.2, -0.15) is 0 Å². The smallest absolute Gasteiger partial charge is 0.218 e. The normalized spacial score (nSPS) is 17.9. The molecule has 0 amide bonds. The van der Waals surface area contributed by atoms with Gasteiger partial charge >= 0.3 is 0 Å². The molecule has 1 aromatic carbocycles. The minimum atomic E-state index is -3.28. The van der Waals surface area contributed by atoms with Crippen LogP contribution >= 0.6 is 0 Å². The summed E-state index contributed by atoms with van der Waals surface area (Å²) in [4.78, 5) is 0. The number of hydrogen-bond acceptors (Lipinski definition) is 3. The summed E-state index contributed by atoms with van der Waals surface area (Å²) in [5, 5.41) is 0. The van der Waals surface area contributed by atoms with Crippen molar-refractivity contribution in [3.05, 3.63) is 35.4 Å². The number of sulfonamides is 1. The highest BCUT2D eigenvalue weighted by Gasteiger charge is 2.27. The van der Waals surface area contributed by atoms with E-state index in [9.17, 15) is 8.42 Å². The highest BCUT2D eigenvalue weighted by atomic mass is 32.2. The van der Waals surface area contributed by atoms with Gasteiger partial charge in [0.25, 0.3) is 0 Å². The Kier molecular flexibility index (Phi) is 5.79. The van der Waals surface area contributed by atoms with Crippen LogP contribution in [0, 0.1) is 0 Å². The van der Waals surface area contributed by atoms with Crippen molar-refractivity contribution in [3.8, 4) is 0 Å². The van der Waals surface area contributed by atoms with Crippen molar-refractivity contribution >= 4 is 10.0 Å². The van der Waals surface area contributed by atoms with Gasteiger partial charge in [0.1, 0.15) is 0 Å². The van der Waals surface area contributed by atoms with Gasteiger partial charge in [-0.15, -0.1) is 0 Å². The zero-order valence-electron chi connectivity index (χ0n) is 12.8. The molecule has 1 aliphatic rings. The molecule has 1 aliphatic carbocycles. The molecule has 1 saturated carbocycles. The second kappa shape index (κ2) is 7.38. The molecule has 2 rings (SSSR count). The highest BCUT2D eigenvalue weighted by Crippen LogP contribution is 2.24. The summed E-state index contributed by atoms with van der Waals surface area (Å²) in [6.07, 6.45) is 6.66. The van der Waals surface area contributed by atoms with Crippen LogP contribution in [0.1, 0.15) is 49.7 Å². The monoisotopic (exact) mass is 310 g/mol. The molecular formula is C16H26N2O2S. The first-order valence-corrected chi connectivity index (χ1v) is 9.38. The lowest BCUT2D eigenvalue weighted by atomic mass is 10.1. The van der Waals surface area contributed by atoms with E-state index in [-0.39, 0.29) is 11.8 Å². The molecule has 0 atom stereocenters. The summed E-state index contributed by atoms with van der Waals surface area (Å²) in [5.41, 5.74) is 7.43. The lowest BCUT2D eigenvalue weighted by Gasteiger charge is -2.26. The van der Waals surface area contributed by atoms with E-state index in [1.807, 2.05) is 24.3 Å². The third-order valence-electron chi connectivity index (χ3n) is 4.45. The van der Waals surface area contributed by atoms with Crippen LogP contribution in [0.25, 0.3) is 0 Å². The summed E-state index contributed by atoms with van der Waals surface area (Å²) >= 11 is 0. The summed E-state index contributed by atoms with van der Waals surface area (Å²) in [6, 6.07) is 7.68. The Bertz CT molecular complexity index is 549. The summed E-state index contributed by atoms with van der Waals surface area (Å²) in [6.45, 7) is 0.374. The van der Waals surface area contributed by atoms with Crippen LogP contribution in [0.4, 0.5) is 0 Å². The molecule has 0 radical (unpaired) electrons. The minimum Gasteiger partial charge on any atom is -0.326 e. The van der Waals surface area contributed by atoms with Crippen molar-refractivity contribution in [2.24, 2.45) is 5.73 Å². The number of rotatable bonds is 5. The first-order valence-electron chi connectivity index (χ1n) is 7.77. The fraction of sp³-hybridized carbons (Fsp3) is 0.625. The second-order valence-electron chi connectivity index (χ2n) is 5.89. The van der Waals surface area contributed by atoms with E-state index in [0.717, 1.165) is 36.8 Å². The largest absolute Gasteiger partial charge is 0.326 e. The molecule has 0 saturated heterocycles. The third-order valence-corrected chi connectivity index (χ3v) is 6.31. The first-order chi connectivity index (χ1) is 10.0. The van der Waals surface area contributed by atoms with E-state index in [0.29, 0.717) is 6.54 Å². The van der Waals surface area contributed by atoms with E-state index in [1.165, 1.54) is 12.8 Å². The van der Waals surface area contributed by atoms with E-state index in [1.54, 1.807) is 11.4 Å². The Balaban J connectivity index is 2.13. The van der Waals surface area contributed by atoms with Crippen molar-refractivity contribution < 1.29 is 8.42 Å². The zero-order valence-corrected chi connectivity index (χ0v) is 13.6. The Morgan fingerprint density at radius 2 is 1.67 bits per heavy atom. The molecule has 5 heteroatoms. The van der Waals surface area contributed by atoms with Gasteiger partial charge in [0.2, 0.25) is 10.0 Å². The van der Waals surface area contributed by atoms with Crippen molar-refractivity contribution in [2.45, 2.75) is 56.9 Å². The lowest BCUT2D eigenvalue weighted by molar-refractivity contribution is 0.335. The molecule has 1 aromatic rings. The van der Waals surface area contributed by atoms with E-state index >= 15 is 0 Å². The van der Waals surface area contributed by atoms with Crippen LogP contribution in [-0.2, 0) is 22.3 Å². The molecule has 21 heavy (non-hydrogen) atoms. The summed E-state index contributed by atoms with van der Waals surface area (Å²) in [7, 11) is -1.55. The van der Waals surface area contributed by atoms with Gasteiger partial charge in [-0.25, -0.2) is 12.7 Å². The fourth-order valence-electron chi connectivity index (χ4n) is 3.04. The number of nitrogens with zero attached hydrogens (tertiary/aromatic N) is 1. The average molecular weight is 310 g/mol. The molecule has 0 bridgehead atoms. The summed E-state index contributed by atoms with van der Waals surface area (Å²) in [5.74, 6) is 0.0490. The van der Waals surface area contributed by atoms with Crippen LogP contribution in [-0.4, -0.2) is 25.8 Å². The van der Waals surface area contributed by atoms with E-state index in [4.69, 9.17) is 5.73 Å². The van der Waals surface area contributed by atoms with Crippen LogP contribution in [0.15, 0.2) is 24.3 Å². The molecule has 0 heterocycles. The molecule has 0 aromatic heterocycles. The van der Waals surface area contributed by atoms with Gasteiger partial charge in [-0.3, -0.25) is 0 Å². The van der Waals surface area contributed by atoms with Gasteiger partial charge in [-0.05, 0) is 24.0 Å². The standard InChI is InChI=1S/C16H26N2O2S/c1-18(16-10-4-2-3-5-11-16)21(19,20)13-15-9-7-6-8-14(15)12-17/h6-9,16H,2-5,10-13,17H2,1H3. The quantitative estimate of drug-likeness (QED) is 0.850. The lowest BCUT2D eigenvalue weighted by Crippen LogP contribution is -2.37. The molecule has 0 spiro atoms. The Labute approximate surface area is 128 Å². The van der Waals surface area contributed by atoms with Crippen LogP contribution in [0.3, 0.4) is 0 Å². The van der Waals surface area contributed by atoms with Crippen molar-refractivity contribution in [1.82, 2.24) is 4.31 Å². The molecule has 118 valence electrons. The van der Waals surface area contributed by atoms with Crippen molar-refractivity contribution in [2.75, 3.05) is 7.05 Å². The number of hydrogen-bond donors (Lipinski definition) is 1. The SMILES string of the molecule is CN(C1CCCCCC1)S(=O)(=O)Cc1ccccc1CN. The maximum absolute atomic E-state index is 12.7. The topological polar surface area (TPSA) is 63.4 Å². The molecule has 4 nitrogen and oxygen atoms in total. The van der Waals surface area contributed by atoms with E-state index < -0.39 is 10.0 Å². The third kappa shape index (κ3) is 4.28. The molecule has 0 aliphatic heterocycles. The maximum Gasteiger partial charge on any atom is 0.218 e. The Morgan fingerprint density at radius 1 is 1.10 bits per heavy atom. The van der Waals surface area contributed by atoms with Crippen molar-refractivity contribution in [1.29, 1.82) is 0 Å². The predicted molar refractivity (Wildman–Crippen MR) is 86.2 cm³/mol. The van der Waals surface area contributed by atoms with Crippen LogP contribution in [0.5, 0.6) is 0 Å². The van der Waals surface area contributed by atoms with Gasteiger partial charge in [0.15, 0.2) is 0 Å². The maximum atomic E-state index is 12.7. The fourth-order valence-corrected chi connectivity index (χ4v) is 4.59. The van der Waals surface area contributed by atoms with Gasteiger partial charge in [-0.1, -0.05) is 49.9 Å². The van der Waals surface area contributed by atoms with Crippen LogP contribution in [0.2, 0.25) is 0 Å². The Hall–Kier alpha value is -0.910. The predicted octanol–water partition coefficient (Wildman–Crippen LogP) is 2.63. The molecule has 0 unspecified atom stereocenters. The second-order valence-corrected chi connectivity index (χ2v) is 7.92. The highest BCUT2D eigenvalue weighted by molar-refractivity contribution is 7.88. The molecular weight excluding hydrogens is 284 g/mol. The average Bonchev–Trinajstić information content (AvgIpc) is 2.75. The van der Waals surface area contributed by atoms with Gasteiger partial charge < -0.3 is 5.73 Å². The zero-order chi connectivity index (χ0) is 15.3. The number of benzene rings is 1. The molecule has 1 fully saturated rings. The van der Waals surface area contributed by atoms with Gasteiger partial charge in [0.05, 0.1) is 5.75 Å². The minimum absolute atomic E-state index is 0.0490. The summed E-state index contributed by atoms with van der Waals surface area (Å²) < 4.78 is 26.9. The number of nitrogens with two attached hydrogens (primary N) is 1. The van der Waals surface area contributed by atoms with Crippen molar-refractivity contribution in [3.63, 3.8) is 0 Å². The van der Waals surface area contributed by atoms with Crippen LogP contribution < -0.4 is 5.73 Å². The van der Waals surface area contributed by atoms with E-state index in [2.05, 4.69) is 0 Å². The Morgan fingerprint density at radius 3 is 2.24 bits per heavy atom. The first kappa shape index (κ1) is 16.5.